The Labute approximate surface area is 147 Å². The molecule has 0 fully saturated rings. The Morgan fingerprint density at radius 2 is 1.82 bits per heavy atom. The Morgan fingerprint density at radius 3 is 2.41 bits per heavy atom. The summed E-state index contributed by atoms with van der Waals surface area (Å²) in [6.07, 6.45) is 0. The molecule has 0 amide bonds. The molecule has 2 rings (SSSR count). The summed E-state index contributed by atoms with van der Waals surface area (Å²) in [5.41, 5.74) is 0.603. The van der Waals surface area contributed by atoms with Crippen molar-refractivity contribution < 1.29 is 78.0 Å². The number of nitrogens with one attached hydrogen (secondary N) is 1. The molecule has 0 radical (unpaired) electrons. The number of aromatic nitrogens is 1. The van der Waals surface area contributed by atoms with E-state index in [4.69, 9.17) is 11.6 Å². The zero-order valence-electron chi connectivity index (χ0n) is 9.27. The third kappa shape index (κ3) is 4.55. The molecule has 9 heteroatoms. The van der Waals surface area contributed by atoms with Gasteiger partial charge in [0.05, 0.1) is 5.52 Å². The molecule has 0 saturated carbocycles. The summed E-state index contributed by atoms with van der Waals surface area (Å²) in [7, 11) is -5.09. The van der Waals surface area contributed by atoms with Crippen LogP contribution in [0.4, 0.5) is 0 Å². The van der Waals surface area contributed by atoms with Crippen LogP contribution in [0.1, 0.15) is 0 Å². The standard InChI is InChI=1S/C8H7ClNO4P.2Na/c9-8-7(14-15(11,12)13)5-3-1-2-4-6(5)10-8;;/h1-4,10H,(H2,11,12,13);;/q;2*+1/p-2. The van der Waals surface area contributed by atoms with E-state index in [1.54, 1.807) is 24.3 Å². The number of fused-ring (bicyclic) bond motifs is 1. The molecular weight excluding hydrogens is 286 g/mol. The van der Waals surface area contributed by atoms with Gasteiger partial charge in [0, 0.05) is 5.39 Å². The van der Waals surface area contributed by atoms with E-state index in [1.165, 1.54) is 0 Å². The number of hydrogen-bond donors (Lipinski definition) is 1. The fourth-order valence-corrected chi connectivity index (χ4v) is 1.99. The minimum atomic E-state index is -5.09. The maximum atomic E-state index is 10.5. The molecule has 5 nitrogen and oxygen atoms in total. The number of rotatable bonds is 2. The van der Waals surface area contributed by atoms with E-state index in [2.05, 4.69) is 9.51 Å². The summed E-state index contributed by atoms with van der Waals surface area (Å²) in [6, 6.07) is 6.71. The molecule has 1 aromatic carbocycles. The van der Waals surface area contributed by atoms with E-state index in [9.17, 15) is 14.4 Å². The van der Waals surface area contributed by atoms with Gasteiger partial charge in [0.1, 0.15) is 13.0 Å². The number of H-pyrrole nitrogens is 1. The number of para-hydroxylation sites is 1. The van der Waals surface area contributed by atoms with E-state index < -0.39 is 7.82 Å². The van der Waals surface area contributed by atoms with Crippen molar-refractivity contribution in [3.63, 3.8) is 0 Å². The molecule has 0 spiro atoms. The summed E-state index contributed by atoms with van der Waals surface area (Å²) >= 11 is 5.69. The third-order valence-corrected chi connectivity index (χ3v) is 2.49. The van der Waals surface area contributed by atoms with E-state index >= 15 is 0 Å². The van der Waals surface area contributed by atoms with Gasteiger partial charge >= 0.3 is 59.1 Å². The number of aromatic amines is 1. The molecule has 2 aromatic rings. The Kier molecular flexibility index (Phi) is 7.37. The summed E-state index contributed by atoms with van der Waals surface area (Å²) in [5, 5.41) is 0.442. The van der Waals surface area contributed by atoms with Crippen molar-refractivity contribution >= 4 is 30.3 Å². The number of phosphoric acid groups is 1. The molecule has 1 aromatic heterocycles. The Morgan fingerprint density at radius 1 is 1.24 bits per heavy atom. The van der Waals surface area contributed by atoms with Crippen molar-refractivity contribution in [3.8, 4) is 5.75 Å². The van der Waals surface area contributed by atoms with E-state index in [0.717, 1.165) is 0 Å². The number of halogens is 1. The molecule has 0 saturated heterocycles. The van der Waals surface area contributed by atoms with Crippen LogP contribution in [0.2, 0.25) is 5.15 Å². The van der Waals surface area contributed by atoms with Crippen molar-refractivity contribution in [1.82, 2.24) is 4.98 Å². The van der Waals surface area contributed by atoms with Gasteiger partial charge < -0.3 is 23.9 Å². The summed E-state index contributed by atoms with van der Waals surface area (Å²) in [6.45, 7) is 0. The maximum Gasteiger partial charge on any atom is 1.00 e. The minimum Gasteiger partial charge on any atom is -0.780 e. The van der Waals surface area contributed by atoms with Gasteiger partial charge in [-0.3, -0.25) is 0 Å². The first-order chi connectivity index (χ1) is 6.97. The topological polar surface area (TPSA) is 88.2 Å². The van der Waals surface area contributed by atoms with Crippen LogP contribution in [0, 0.1) is 0 Å². The predicted molar refractivity (Wildman–Crippen MR) is 51.5 cm³/mol. The summed E-state index contributed by atoms with van der Waals surface area (Å²) < 4.78 is 14.7. The first-order valence-electron chi connectivity index (χ1n) is 3.95. The van der Waals surface area contributed by atoms with Crippen LogP contribution >= 0.6 is 19.4 Å². The number of hydrogen-bond acceptors (Lipinski definition) is 4. The van der Waals surface area contributed by atoms with E-state index in [0.29, 0.717) is 10.9 Å². The van der Waals surface area contributed by atoms with Gasteiger partial charge in [-0.05, 0) is 12.1 Å². The van der Waals surface area contributed by atoms with Crippen molar-refractivity contribution in [1.29, 1.82) is 0 Å². The van der Waals surface area contributed by atoms with Crippen LogP contribution in [0.15, 0.2) is 24.3 Å². The molecule has 1 heterocycles. The second-order valence-electron chi connectivity index (χ2n) is 2.85. The van der Waals surface area contributed by atoms with Crippen LogP contribution in [-0.2, 0) is 4.57 Å². The molecule has 0 aliphatic rings. The van der Waals surface area contributed by atoms with Gasteiger partial charge in [0.15, 0.2) is 5.75 Å². The zero-order chi connectivity index (χ0) is 11.1. The van der Waals surface area contributed by atoms with E-state index in [-0.39, 0.29) is 70.0 Å². The third-order valence-electron chi connectivity index (χ3n) is 1.82. The molecule has 0 atom stereocenters. The zero-order valence-corrected chi connectivity index (χ0v) is 14.9. The average molecular weight is 292 g/mol. The Bertz CT molecular complexity index is 555. The van der Waals surface area contributed by atoms with Gasteiger partial charge in [-0.25, -0.2) is 0 Å². The van der Waals surface area contributed by atoms with Crippen LogP contribution in [0.25, 0.3) is 10.9 Å². The number of phosphoric ester groups is 1. The molecule has 1 N–H and O–H groups in total. The molecule has 0 aliphatic heterocycles. The molecule has 0 unspecified atom stereocenters. The first kappa shape index (κ1) is 18.0. The molecular formula is C8H5ClNNa2O4P. The Balaban J connectivity index is 0.00000128. The van der Waals surface area contributed by atoms with Crippen LogP contribution in [-0.4, -0.2) is 4.98 Å². The Hall–Kier alpha value is 1.00. The van der Waals surface area contributed by atoms with Gasteiger partial charge in [0.2, 0.25) is 0 Å². The first-order valence-corrected chi connectivity index (χ1v) is 5.79. The largest absolute Gasteiger partial charge is 1.00 e. The normalized spacial score (nSPS) is 10.5. The van der Waals surface area contributed by atoms with Crippen molar-refractivity contribution in [3.05, 3.63) is 29.4 Å². The van der Waals surface area contributed by atoms with Crippen LogP contribution in [0.5, 0.6) is 5.75 Å². The fourth-order valence-electron chi connectivity index (χ4n) is 1.28. The SMILES string of the molecule is O=P([O-])([O-])Oc1c(Cl)[nH]c2ccccc12.[Na+].[Na+]. The average Bonchev–Trinajstić information content (AvgIpc) is 2.41. The van der Waals surface area contributed by atoms with Crippen molar-refractivity contribution in [2.75, 3.05) is 0 Å². The maximum absolute atomic E-state index is 10.5. The molecule has 17 heavy (non-hydrogen) atoms. The van der Waals surface area contributed by atoms with Gasteiger partial charge in [-0.2, -0.15) is 0 Å². The molecule has 0 aliphatic carbocycles. The predicted octanol–water partition coefficient (Wildman–Crippen LogP) is -4.96. The minimum absolute atomic E-state index is 0. The second-order valence-corrected chi connectivity index (χ2v) is 4.31. The fraction of sp³-hybridized carbons (Fsp3) is 0. The number of benzene rings is 1. The van der Waals surface area contributed by atoms with Gasteiger partial charge in [-0.1, -0.05) is 23.7 Å². The van der Waals surface area contributed by atoms with Gasteiger partial charge in [-0.15, -0.1) is 0 Å². The van der Waals surface area contributed by atoms with Crippen LogP contribution < -0.4 is 73.4 Å². The van der Waals surface area contributed by atoms with Crippen molar-refractivity contribution in [2.45, 2.75) is 0 Å². The molecule has 80 valence electrons. The quantitative estimate of drug-likeness (QED) is 0.443. The van der Waals surface area contributed by atoms with E-state index in [1.807, 2.05) is 0 Å². The van der Waals surface area contributed by atoms with Crippen LogP contribution in [0.3, 0.4) is 0 Å². The summed E-state index contributed by atoms with van der Waals surface area (Å²) in [4.78, 5) is 23.6. The molecule has 0 bridgehead atoms. The smallest absolute Gasteiger partial charge is 0.780 e. The second kappa shape index (κ2) is 6.96. The van der Waals surface area contributed by atoms with Gasteiger partial charge in [0.25, 0.3) is 0 Å². The van der Waals surface area contributed by atoms with Crippen molar-refractivity contribution in [2.24, 2.45) is 0 Å². The monoisotopic (exact) mass is 291 g/mol. The summed E-state index contributed by atoms with van der Waals surface area (Å²) in [5.74, 6) is -0.152.